The summed E-state index contributed by atoms with van der Waals surface area (Å²) in [5.74, 6) is -0.00526. The Balaban J connectivity index is 2.16. The summed E-state index contributed by atoms with van der Waals surface area (Å²) in [5.41, 5.74) is 6.74. The number of aromatic nitrogens is 1. The molecule has 1 atom stereocenters. The van der Waals surface area contributed by atoms with E-state index in [2.05, 4.69) is 10.3 Å². The van der Waals surface area contributed by atoms with Crippen molar-refractivity contribution in [1.82, 2.24) is 10.3 Å². The van der Waals surface area contributed by atoms with Crippen molar-refractivity contribution in [1.29, 1.82) is 0 Å². The molecule has 0 aliphatic heterocycles. The number of hydrogen-bond donors (Lipinski definition) is 2. The van der Waals surface area contributed by atoms with Gasteiger partial charge in [-0.15, -0.1) is 11.3 Å². The van der Waals surface area contributed by atoms with Crippen LogP contribution in [-0.4, -0.2) is 10.9 Å². The minimum Gasteiger partial charge on any atom is -0.399 e. The molecule has 0 saturated heterocycles. The minimum atomic E-state index is -0.613. The molecule has 0 bridgehead atoms. The molecule has 3 N–H and O–H groups in total. The highest BCUT2D eigenvalue weighted by atomic mass is 32.1. The van der Waals surface area contributed by atoms with E-state index in [9.17, 15) is 4.79 Å². The summed E-state index contributed by atoms with van der Waals surface area (Å²) in [4.78, 5) is 16.9. The molecule has 0 fully saturated rings. The molecule has 1 aromatic carbocycles. The highest BCUT2D eigenvalue weighted by molar-refractivity contribution is 7.09. The second-order valence-electron chi connectivity index (χ2n) is 5.55. The Morgan fingerprint density at radius 3 is 2.57 bits per heavy atom. The number of amides is 1. The molecule has 4 nitrogen and oxygen atoms in total. The first-order chi connectivity index (χ1) is 9.95. The van der Waals surface area contributed by atoms with Crippen molar-refractivity contribution in [2.75, 3.05) is 5.73 Å². The van der Waals surface area contributed by atoms with Gasteiger partial charge < -0.3 is 11.1 Å². The van der Waals surface area contributed by atoms with Crippen molar-refractivity contribution in [3.63, 3.8) is 0 Å². The first kappa shape index (κ1) is 15.5. The molecule has 0 aliphatic rings. The minimum absolute atomic E-state index is 0.00526. The molecule has 5 heteroatoms. The lowest BCUT2D eigenvalue weighted by Gasteiger charge is -2.27. The van der Waals surface area contributed by atoms with Crippen LogP contribution >= 0.6 is 11.3 Å². The molecule has 1 amide bonds. The van der Waals surface area contributed by atoms with Crippen molar-refractivity contribution in [3.05, 3.63) is 46.4 Å². The van der Waals surface area contributed by atoms with Gasteiger partial charge in [0.05, 0.1) is 11.5 Å². The zero-order valence-electron chi connectivity index (χ0n) is 12.6. The fraction of sp³-hybridized carbons (Fsp3) is 0.375. The normalized spacial score (nSPS) is 12.9. The van der Waals surface area contributed by atoms with E-state index in [0.29, 0.717) is 5.69 Å². The molecule has 1 unspecified atom stereocenters. The fourth-order valence-corrected chi connectivity index (χ4v) is 2.89. The number of rotatable bonds is 5. The van der Waals surface area contributed by atoms with E-state index < -0.39 is 5.41 Å². The predicted molar refractivity (Wildman–Crippen MR) is 87.2 cm³/mol. The fourth-order valence-electron chi connectivity index (χ4n) is 2.11. The Bertz CT molecular complexity index is 590. The van der Waals surface area contributed by atoms with Gasteiger partial charge >= 0.3 is 0 Å². The Kier molecular flexibility index (Phi) is 4.63. The smallest absolute Gasteiger partial charge is 0.230 e. The molecule has 0 aliphatic carbocycles. The maximum atomic E-state index is 12.6. The van der Waals surface area contributed by atoms with Crippen molar-refractivity contribution in [2.24, 2.45) is 0 Å². The van der Waals surface area contributed by atoms with Crippen LogP contribution in [0.2, 0.25) is 0 Å². The third kappa shape index (κ3) is 3.42. The van der Waals surface area contributed by atoms with Gasteiger partial charge in [0.15, 0.2) is 0 Å². The molecule has 2 rings (SSSR count). The van der Waals surface area contributed by atoms with Crippen LogP contribution in [0.15, 0.2) is 35.8 Å². The summed E-state index contributed by atoms with van der Waals surface area (Å²) in [6.07, 6.45) is 2.58. The maximum Gasteiger partial charge on any atom is 0.230 e. The Morgan fingerprint density at radius 1 is 1.38 bits per heavy atom. The third-order valence-electron chi connectivity index (χ3n) is 3.66. The van der Waals surface area contributed by atoms with Gasteiger partial charge in [0.1, 0.15) is 5.01 Å². The van der Waals surface area contributed by atoms with Crippen LogP contribution in [0.1, 0.15) is 43.8 Å². The summed E-state index contributed by atoms with van der Waals surface area (Å²) in [6.45, 7) is 5.88. The van der Waals surface area contributed by atoms with Crippen molar-refractivity contribution in [3.8, 4) is 0 Å². The standard InChI is InChI=1S/C16H21N3OS/c1-4-13(14-18-9-10-21-14)19-15(20)16(2,3)11-5-7-12(17)8-6-11/h5-10,13H,4,17H2,1-3H3,(H,19,20). The number of benzene rings is 1. The number of anilines is 1. The van der Waals surface area contributed by atoms with Crippen LogP contribution in [0.5, 0.6) is 0 Å². The summed E-state index contributed by atoms with van der Waals surface area (Å²) >= 11 is 1.56. The van der Waals surface area contributed by atoms with Crippen molar-refractivity contribution < 1.29 is 4.79 Å². The van der Waals surface area contributed by atoms with Gasteiger partial charge in [-0.2, -0.15) is 0 Å². The van der Waals surface area contributed by atoms with Gasteiger partial charge in [0.2, 0.25) is 5.91 Å². The van der Waals surface area contributed by atoms with E-state index in [4.69, 9.17) is 5.73 Å². The SMILES string of the molecule is CCC(NC(=O)C(C)(C)c1ccc(N)cc1)c1nccs1. The Labute approximate surface area is 129 Å². The first-order valence-corrected chi connectivity index (χ1v) is 7.89. The molecule has 2 aromatic rings. The van der Waals surface area contributed by atoms with E-state index in [-0.39, 0.29) is 11.9 Å². The monoisotopic (exact) mass is 303 g/mol. The maximum absolute atomic E-state index is 12.6. The van der Waals surface area contributed by atoms with Gasteiger partial charge in [0, 0.05) is 17.3 Å². The van der Waals surface area contributed by atoms with Crippen LogP contribution in [0.4, 0.5) is 5.69 Å². The van der Waals surface area contributed by atoms with Crippen LogP contribution in [0.25, 0.3) is 0 Å². The largest absolute Gasteiger partial charge is 0.399 e. The summed E-state index contributed by atoms with van der Waals surface area (Å²) in [5, 5.41) is 5.97. The molecule has 1 aromatic heterocycles. The zero-order valence-corrected chi connectivity index (χ0v) is 13.4. The van der Waals surface area contributed by atoms with Gasteiger partial charge in [-0.3, -0.25) is 4.79 Å². The number of nitrogens with one attached hydrogen (secondary N) is 1. The summed E-state index contributed by atoms with van der Waals surface area (Å²) in [7, 11) is 0. The average molecular weight is 303 g/mol. The number of hydrogen-bond acceptors (Lipinski definition) is 4. The quantitative estimate of drug-likeness (QED) is 0.833. The Hall–Kier alpha value is -1.88. The third-order valence-corrected chi connectivity index (χ3v) is 4.55. The highest BCUT2D eigenvalue weighted by Gasteiger charge is 2.31. The molecule has 0 spiro atoms. The second kappa shape index (κ2) is 6.26. The van der Waals surface area contributed by atoms with E-state index in [0.717, 1.165) is 17.0 Å². The zero-order chi connectivity index (χ0) is 15.5. The number of nitrogens with two attached hydrogens (primary N) is 1. The van der Waals surface area contributed by atoms with Gasteiger partial charge in [0.25, 0.3) is 0 Å². The average Bonchev–Trinajstić information content (AvgIpc) is 2.98. The highest BCUT2D eigenvalue weighted by Crippen LogP contribution is 2.27. The lowest BCUT2D eigenvalue weighted by atomic mass is 9.83. The van der Waals surface area contributed by atoms with E-state index in [1.54, 1.807) is 17.5 Å². The predicted octanol–water partition coefficient (Wildman–Crippen LogP) is 3.27. The van der Waals surface area contributed by atoms with Crippen LogP contribution in [-0.2, 0) is 10.2 Å². The second-order valence-corrected chi connectivity index (χ2v) is 6.48. The van der Waals surface area contributed by atoms with Crippen LogP contribution < -0.4 is 11.1 Å². The first-order valence-electron chi connectivity index (χ1n) is 7.01. The molecular weight excluding hydrogens is 282 g/mol. The van der Waals surface area contributed by atoms with Crippen molar-refractivity contribution in [2.45, 2.75) is 38.6 Å². The van der Waals surface area contributed by atoms with Gasteiger partial charge in [-0.1, -0.05) is 19.1 Å². The molecule has 0 radical (unpaired) electrons. The molecule has 1 heterocycles. The number of nitrogens with zero attached hydrogens (tertiary/aromatic N) is 1. The lowest BCUT2D eigenvalue weighted by molar-refractivity contribution is -0.126. The number of carbonyl (C=O) groups excluding carboxylic acids is 1. The van der Waals surface area contributed by atoms with Gasteiger partial charge in [-0.25, -0.2) is 4.98 Å². The summed E-state index contributed by atoms with van der Waals surface area (Å²) in [6, 6.07) is 7.41. The molecule has 21 heavy (non-hydrogen) atoms. The van der Waals surface area contributed by atoms with E-state index in [1.807, 2.05) is 50.4 Å². The van der Waals surface area contributed by atoms with E-state index in [1.165, 1.54) is 0 Å². The lowest BCUT2D eigenvalue weighted by Crippen LogP contribution is -2.41. The Morgan fingerprint density at radius 2 is 2.05 bits per heavy atom. The molecule has 112 valence electrons. The number of nitrogen functional groups attached to an aromatic ring is 1. The van der Waals surface area contributed by atoms with Gasteiger partial charge in [-0.05, 0) is 38.0 Å². The van der Waals surface area contributed by atoms with Crippen LogP contribution in [0.3, 0.4) is 0 Å². The van der Waals surface area contributed by atoms with E-state index >= 15 is 0 Å². The van der Waals surface area contributed by atoms with Crippen molar-refractivity contribution >= 4 is 22.9 Å². The molecular formula is C16H21N3OS. The topological polar surface area (TPSA) is 68.0 Å². The summed E-state index contributed by atoms with van der Waals surface area (Å²) < 4.78 is 0. The number of carbonyl (C=O) groups is 1. The number of thiazole rings is 1. The molecule has 0 saturated carbocycles. The van der Waals surface area contributed by atoms with Crippen LogP contribution in [0, 0.1) is 0 Å².